The molecule has 4 heteroatoms. The standard InChI is InChI=1S/C17H19Cl2NO/c1-12(2)13-3-6-15(7-4-13)21-10-9-20-14-5-8-16(18)17(19)11-14/h3-8,11-12,20H,9-10H2,1-2H3. The smallest absolute Gasteiger partial charge is 0.119 e. The van der Waals surface area contributed by atoms with Gasteiger partial charge in [0.05, 0.1) is 10.0 Å². The van der Waals surface area contributed by atoms with Crippen LogP contribution in [-0.2, 0) is 0 Å². The number of halogens is 2. The summed E-state index contributed by atoms with van der Waals surface area (Å²) in [5.74, 6) is 1.42. The van der Waals surface area contributed by atoms with Crippen molar-refractivity contribution in [3.63, 3.8) is 0 Å². The van der Waals surface area contributed by atoms with E-state index < -0.39 is 0 Å². The van der Waals surface area contributed by atoms with Crippen LogP contribution in [0.2, 0.25) is 10.0 Å². The van der Waals surface area contributed by atoms with Gasteiger partial charge in [-0.05, 0) is 41.8 Å². The van der Waals surface area contributed by atoms with Crippen molar-refractivity contribution in [2.75, 3.05) is 18.5 Å². The molecule has 0 bridgehead atoms. The summed E-state index contributed by atoms with van der Waals surface area (Å²) in [6, 6.07) is 13.7. The normalized spacial score (nSPS) is 10.7. The van der Waals surface area contributed by atoms with Gasteiger partial charge in [-0.2, -0.15) is 0 Å². The maximum atomic E-state index is 5.96. The lowest BCUT2D eigenvalue weighted by Gasteiger charge is -2.10. The van der Waals surface area contributed by atoms with Gasteiger partial charge in [0.2, 0.25) is 0 Å². The van der Waals surface area contributed by atoms with Crippen LogP contribution in [0, 0.1) is 0 Å². The van der Waals surface area contributed by atoms with E-state index in [-0.39, 0.29) is 0 Å². The number of hydrogen-bond acceptors (Lipinski definition) is 2. The highest BCUT2D eigenvalue weighted by Gasteiger charge is 2.01. The highest BCUT2D eigenvalue weighted by Crippen LogP contribution is 2.25. The molecule has 0 aliphatic carbocycles. The zero-order valence-electron chi connectivity index (χ0n) is 12.2. The first kappa shape index (κ1) is 16.0. The quantitative estimate of drug-likeness (QED) is 0.698. The molecule has 2 nitrogen and oxygen atoms in total. The number of rotatable bonds is 6. The highest BCUT2D eigenvalue weighted by atomic mass is 35.5. The molecule has 0 aliphatic rings. The van der Waals surface area contributed by atoms with Crippen LogP contribution in [-0.4, -0.2) is 13.2 Å². The van der Waals surface area contributed by atoms with Gasteiger partial charge in [0, 0.05) is 12.2 Å². The van der Waals surface area contributed by atoms with Gasteiger partial charge >= 0.3 is 0 Å². The lowest BCUT2D eigenvalue weighted by Crippen LogP contribution is -2.11. The summed E-state index contributed by atoms with van der Waals surface area (Å²) in [6.45, 7) is 5.64. The molecule has 2 rings (SSSR count). The Bertz CT molecular complexity index is 582. The Labute approximate surface area is 136 Å². The van der Waals surface area contributed by atoms with Gasteiger partial charge in [-0.1, -0.05) is 49.2 Å². The third-order valence-corrected chi connectivity index (χ3v) is 3.91. The van der Waals surface area contributed by atoms with Crippen LogP contribution in [0.15, 0.2) is 42.5 Å². The molecule has 0 aliphatic heterocycles. The van der Waals surface area contributed by atoms with E-state index in [1.165, 1.54) is 5.56 Å². The second-order valence-electron chi connectivity index (χ2n) is 5.13. The number of hydrogen-bond donors (Lipinski definition) is 1. The van der Waals surface area contributed by atoms with E-state index in [9.17, 15) is 0 Å². The molecule has 0 heterocycles. The molecule has 0 saturated heterocycles. The lowest BCUT2D eigenvalue weighted by molar-refractivity contribution is 0.333. The topological polar surface area (TPSA) is 21.3 Å². The Morgan fingerprint density at radius 1 is 1.00 bits per heavy atom. The second-order valence-corrected chi connectivity index (χ2v) is 5.94. The van der Waals surface area contributed by atoms with Crippen molar-refractivity contribution in [2.24, 2.45) is 0 Å². The summed E-state index contributed by atoms with van der Waals surface area (Å²) in [4.78, 5) is 0. The fourth-order valence-electron chi connectivity index (χ4n) is 1.92. The van der Waals surface area contributed by atoms with Gasteiger partial charge in [0.25, 0.3) is 0 Å². The van der Waals surface area contributed by atoms with Crippen molar-refractivity contribution in [1.82, 2.24) is 0 Å². The van der Waals surface area contributed by atoms with Gasteiger partial charge in [-0.25, -0.2) is 0 Å². The number of nitrogens with one attached hydrogen (secondary N) is 1. The van der Waals surface area contributed by atoms with Crippen LogP contribution in [0.1, 0.15) is 25.3 Å². The third kappa shape index (κ3) is 4.83. The molecule has 0 fully saturated rings. The van der Waals surface area contributed by atoms with E-state index in [0.717, 1.165) is 11.4 Å². The van der Waals surface area contributed by atoms with Crippen molar-refractivity contribution in [2.45, 2.75) is 19.8 Å². The fraction of sp³-hybridized carbons (Fsp3) is 0.294. The third-order valence-electron chi connectivity index (χ3n) is 3.17. The molecule has 0 saturated carbocycles. The van der Waals surface area contributed by atoms with Crippen molar-refractivity contribution >= 4 is 28.9 Å². The molecule has 2 aromatic carbocycles. The molecule has 0 aromatic heterocycles. The van der Waals surface area contributed by atoms with E-state index in [1.807, 2.05) is 18.2 Å². The van der Waals surface area contributed by atoms with Crippen LogP contribution >= 0.6 is 23.2 Å². The summed E-state index contributed by atoms with van der Waals surface area (Å²) >= 11 is 11.8. The van der Waals surface area contributed by atoms with E-state index in [0.29, 0.717) is 29.1 Å². The van der Waals surface area contributed by atoms with E-state index >= 15 is 0 Å². The van der Waals surface area contributed by atoms with Gasteiger partial charge in [0.1, 0.15) is 12.4 Å². The minimum absolute atomic E-state index is 0.537. The predicted molar refractivity (Wildman–Crippen MR) is 91.0 cm³/mol. The van der Waals surface area contributed by atoms with Crippen molar-refractivity contribution in [1.29, 1.82) is 0 Å². The maximum absolute atomic E-state index is 5.96. The largest absolute Gasteiger partial charge is 0.492 e. The van der Waals surface area contributed by atoms with E-state index in [2.05, 4.69) is 31.3 Å². The monoisotopic (exact) mass is 323 g/mol. The molecule has 0 unspecified atom stereocenters. The van der Waals surface area contributed by atoms with Crippen LogP contribution in [0.25, 0.3) is 0 Å². The average molecular weight is 324 g/mol. The molecule has 0 amide bonds. The molecular formula is C17H19Cl2NO. The van der Waals surface area contributed by atoms with Gasteiger partial charge in [-0.15, -0.1) is 0 Å². The highest BCUT2D eigenvalue weighted by molar-refractivity contribution is 6.42. The Hall–Kier alpha value is -1.38. The first-order valence-electron chi connectivity index (χ1n) is 6.98. The van der Waals surface area contributed by atoms with Gasteiger partial charge < -0.3 is 10.1 Å². The lowest BCUT2D eigenvalue weighted by atomic mass is 10.0. The zero-order chi connectivity index (χ0) is 15.2. The Kier molecular flexibility index (Phi) is 5.77. The van der Waals surface area contributed by atoms with Crippen LogP contribution in [0.3, 0.4) is 0 Å². The molecule has 0 radical (unpaired) electrons. The van der Waals surface area contributed by atoms with Crippen molar-refractivity contribution in [3.8, 4) is 5.75 Å². The van der Waals surface area contributed by atoms with Gasteiger partial charge in [-0.3, -0.25) is 0 Å². The zero-order valence-corrected chi connectivity index (χ0v) is 13.7. The van der Waals surface area contributed by atoms with E-state index in [1.54, 1.807) is 12.1 Å². The summed E-state index contributed by atoms with van der Waals surface area (Å²) in [6.07, 6.45) is 0. The molecule has 0 spiro atoms. The Morgan fingerprint density at radius 2 is 1.71 bits per heavy atom. The van der Waals surface area contributed by atoms with Crippen molar-refractivity contribution < 1.29 is 4.74 Å². The van der Waals surface area contributed by atoms with Crippen molar-refractivity contribution in [3.05, 3.63) is 58.1 Å². The molecule has 112 valence electrons. The summed E-state index contributed by atoms with van der Waals surface area (Å²) in [7, 11) is 0. The maximum Gasteiger partial charge on any atom is 0.119 e. The summed E-state index contributed by atoms with van der Waals surface area (Å²) in [5, 5.41) is 4.35. The number of benzene rings is 2. The van der Waals surface area contributed by atoms with E-state index in [4.69, 9.17) is 27.9 Å². The first-order valence-corrected chi connectivity index (χ1v) is 7.73. The Morgan fingerprint density at radius 3 is 2.33 bits per heavy atom. The molecular weight excluding hydrogens is 305 g/mol. The van der Waals surface area contributed by atoms with Gasteiger partial charge in [0.15, 0.2) is 0 Å². The molecule has 21 heavy (non-hydrogen) atoms. The number of anilines is 1. The van der Waals surface area contributed by atoms with Crippen LogP contribution < -0.4 is 10.1 Å². The molecule has 0 atom stereocenters. The first-order chi connectivity index (χ1) is 10.1. The minimum Gasteiger partial charge on any atom is -0.492 e. The summed E-state index contributed by atoms with van der Waals surface area (Å²) in [5.41, 5.74) is 2.25. The predicted octanol–water partition coefficient (Wildman–Crippen LogP) is 5.61. The summed E-state index contributed by atoms with van der Waals surface area (Å²) < 4.78 is 5.69. The fourth-order valence-corrected chi connectivity index (χ4v) is 2.22. The van der Waals surface area contributed by atoms with Crippen LogP contribution in [0.5, 0.6) is 5.75 Å². The Balaban J connectivity index is 1.77. The second kappa shape index (κ2) is 7.58. The SMILES string of the molecule is CC(C)c1ccc(OCCNc2ccc(Cl)c(Cl)c2)cc1. The average Bonchev–Trinajstić information content (AvgIpc) is 2.47. The molecule has 2 aromatic rings. The molecule has 1 N–H and O–H groups in total. The number of ether oxygens (including phenoxy) is 1. The minimum atomic E-state index is 0.537. The van der Waals surface area contributed by atoms with Crippen LogP contribution in [0.4, 0.5) is 5.69 Å².